The number of hydrogen-bond donors (Lipinski definition) is 1. The molecule has 0 spiro atoms. The first-order chi connectivity index (χ1) is 10.9. The van der Waals surface area contributed by atoms with Gasteiger partial charge in [-0.3, -0.25) is 4.79 Å². The number of benzene rings is 1. The molecule has 128 valence electrons. The number of nitrogens with zero attached hydrogens (tertiary/aromatic N) is 1. The fraction of sp³-hybridized carbons (Fsp3) is 0.588. The molecular formula is C17H26N2O3S. The van der Waals surface area contributed by atoms with Gasteiger partial charge in [-0.25, -0.2) is 13.1 Å². The molecule has 1 atom stereocenters. The highest BCUT2D eigenvalue weighted by atomic mass is 32.2. The Hall–Kier alpha value is -1.40. The molecule has 6 heteroatoms. The van der Waals surface area contributed by atoms with E-state index in [-0.39, 0.29) is 10.8 Å². The van der Waals surface area contributed by atoms with E-state index in [0.717, 1.165) is 38.8 Å². The van der Waals surface area contributed by atoms with Crippen molar-refractivity contribution in [1.29, 1.82) is 0 Å². The van der Waals surface area contributed by atoms with Crippen molar-refractivity contribution < 1.29 is 13.2 Å². The highest BCUT2D eigenvalue weighted by molar-refractivity contribution is 7.89. The van der Waals surface area contributed by atoms with Crippen molar-refractivity contribution in [3.05, 3.63) is 29.8 Å². The Morgan fingerprint density at radius 2 is 2.17 bits per heavy atom. The molecule has 1 N–H and O–H groups in total. The van der Waals surface area contributed by atoms with Gasteiger partial charge in [0.05, 0.1) is 4.90 Å². The molecule has 1 amide bonds. The zero-order chi connectivity index (χ0) is 16.9. The number of sulfonamides is 1. The number of hydrogen-bond acceptors (Lipinski definition) is 3. The Labute approximate surface area is 139 Å². The van der Waals surface area contributed by atoms with Crippen LogP contribution in [0.5, 0.6) is 0 Å². The topological polar surface area (TPSA) is 66.5 Å². The van der Waals surface area contributed by atoms with Crippen molar-refractivity contribution >= 4 is 15.9 Å². The lowest BCUT2D eigenvalue weighted by atomic mass is 9.99. The summed E-state index contributed by atoms with van der Waals surface area (Å²) < 4.78 is 27.1. The van der Waals surface area contributed by atoms with Crippen LogP contribution in [-0.2, 0) is 10.0 Å². The molecule has 0 bridgehead atoms. The molecule has 0 saturated carbocycles. The van der Waals surface area contributed by atoms with Crippen molar-refractivity contribution in [1.82, 2.24) is 9.62 Å². The Bertz CT molecular complexity index is 643. The summed E-state index contributed by atoms with van der Waals surface area (Å²) in [6.45, 7) is 6.05. The van der Waals surface area contributed by atoms with E-state index >= 15 is 0 Å². The monoisotopic (exact) mass is 338 g/mol. The predicted molar refractivity (Wildman–Crippen MR) is 90.8 cm³/mol. The molecule has 0 aliphatic carbocycles. The minimum Gasteiger partial charge on any atom is -0.338 e. The maximum atomic E-state index is 12.6. The van der Waals surface area contributed by atoms with Gasteiger partial charge in [-0.1, -0.05) is 26.3 Å². The van der Waals surface area contributed by atoms with Gasteiger partial charge in [0, 0.05) is 25.2 Å². The van der Waals surface area contributed by atoms with Crippen LogP contribution < -0.4 is 4.72 Å². The Kier molecular flexibility index (Phi) is 6.18. The predicted octanol–water partition coefficient (Wildman–Crippen LogP) is 2.64. The lowest BCUT2D eigenvalue weighted by Gasteiger charge is -2.31. The lowest BCUT2D eigenvalue weighted by Crippen LogP contribution is -2.39. The van der Waals surface area contributed by atoms with Gasteiger partial charge in [-0.15, -0.1) is 0 Å². The second kappa shape index (κ2) is 7.93. The Balaban J connectivity index is 2.14. The van der Waals surface area contributed by atoms with E-state index in [4.69, 9.17) is 0 Å². The van der Waals surface area contributed by atoms with Crippen LogP contribution in [0.15, 0.2) is 29.2 Å². The fourth-order valence-corrected chi connectivity index (χ4v) is 3.94. The molecule has 1 aliphatic rings. The molecule has 1 saturated heterocycles. The summed E-state index contributed by atoms with van der Waals surface area (Å²) >= 11 is 0. The molecule has 1 heterocycles. The normalized spacial score (nSPS) is 18.9. The smallest absolute Gasteiger partial charge is 0.253 e. The SMILES string of the molecule is CCCCNS(=O)(=O)c1cccc(C(=O)N2CCCC(C)C2)c1. The second-order valence-corrected chi connectivity index (χ2v) is 8.04. The molecule has 1 aliphatic heterocycles. The second-order valence-electron chi connectivity index (χ2n) is 6.28. The average molecular weight is 338 g/mol. The van der Waals surface area contributed by atoms with E-state index in [0.29, 0.717) is 18.0 Å². The van der Waals surface area contributed by atoms with Gasteiger partial charge in [0.15, 0.2) is 0 Å². The number of piperidine rings is 1. The average Bonchev–Trinajstić information content (AvgIpc) is 2.54. The minimum atomic E-state index is -3.55. The molecule has 2 rings (SSSR count). The van der Waals surface area contributed by atoms with E-state index in [9.17, 15) is 13.2 Å². The van der Waals surface area contributed by atoms with E-state index < -0.39 is 10.0 Å². The molecule has 0 aromatic heterocycles. The summed E-state index contributed by atoms with van der Waals surface area (Å²) in [6.07, 6.45) is 3.86. The number of rotatable bonds is 6. The summed E-state index contributed by atoms with van der Waals surface area (Å²) in [5.41, 5.74) is 0.442. The summed E-state index contributed by atoms with van der Waals surface area (Å²) in [5, 5.41) is 0. The minimum absolute atomic E-state index is 0.0813. The maximum Gasteiger partial charge on any atom is 0.253 e. The standard InChI is InChI=1S/C17H26N2O3S/c1-3-4-10-18-23(21,22)16-9-5-8-15(12-16)17(20)19-11-6-7-14(2)13-19/h5,8-9,12,14,18H,3-4,6-7,10-11,13H2,1-2H3. The molecule has 1 aromatic rings. The van der Waals surface area contributed by atoms with Gasteiger partial charge in [-0.2, -0.15) is 0 Å². The van der Waals surface area contributed by atoms with Gasteiger partial charge >= 0.3 is 0 Å². The first-order valence-corrected chi connectivity index (χ1v) is 9.81. The molecule has 0 radical (unpaired) electrons. The van der Waals surface area contributed by atoms with Crippen LogP contribution in [0.4, 0.5) is 0 Å². The third kappa shape index (κ3) is 4.78. The number of unbranched alkanes of at least 4 members (excludes halogenated alkanes) is 1. The highest BCUT2D eigenvalue weighted by Gasteiger charge is 2.23. The summed E-state index contributed by atoms with van der Waals surface area (Å²) in [7, 11) is -3.55. The van der Waals surface area contributed by atoms with Gasteiger partial charge in [0.25, 0.3) is 5.91 Å². The first-order valence-electron chi connectivity index (χ1n) is 8.33. The molecule has 23 heavy (non-hydrogen) atoms. The van der Waals surface area contributed by atoms with Crippen molar-refractivity contribution in [2.45, 2.75) is 44.4 Å². The van der Waals surface area contributed by atoms with Gasteiger partial charge in [-0.05, 0) is 43.4 Å². The van der Waals surface area contributed by atoms with Crippen molar-refractivity contribution in [2.75, 3.05) is 19.6 Å². The molecule has 5 nitrogen and oxygen atoms in total. The molecule has 1 aromatic carbocycles. The largest absolute Gasteiger partial charge is 0.338 e. The zero-order valence-corrected chi connectivity index (χ0v) is 14.7. The van der Waals surface area contributed by atoms with Crippen LogP contribution in [0, 0.1) is 5.92 Å². The maximum absolute atomic E-state index is 12.6. The molecule has 1 unspecified atom stereocenters. The lowest BCUT2D eigenvalue weighted by molar-refractivity contribution is 0.0683. The summed E-state index contributed by atoms with van der Waals surface area (Å²) in [5.74, 6) is 0.414. The number of likely N-dealkylation sites (tertiary alicyclic amines) is 1. The zero-order valence-electron chi connectivity index (χ0n) is 13.9. The number of carbonyl (C=O) groups is 1. The van der Waals surface area contributed by atoms with Gasteiger partial charge in [0.1, 0.15) is 0 Å². The van der Waals surface area contributed by atoms with E-state index in [1.165, 1.54) is 12.1 Å². The Morgan fingerprint density at radius 3 is 2.87 bits per heavy atom. The molecule has 1 fully saturated rings. The Morgan fingerprint density at radius 1 is 1.39 bits per heavy atom. The van der Waals surface area contributed by atoms with Gasteiger partial charge in [0.2, 0.25) is 10.0 Å². The third-order valence-corrected chi connectivity index (χ3v) is 5.62. The van der Waals surface area contributed by atoms with Crippen LogP contribution in [0.1, 0.15) is 49.9 Å². The van der Waals surface area contributed by atoms with Crippen LogP contribution in [0.3, 0.4) is 0 Å². The number of amides is 1. The van der Waals surface area contributed by atoms with E-state index in [2.05, 4.69) is 11.6 Å². The number of carbonyl (C=O) groups excluding carboxylic acids is 1. The van der Waals surface area contributed by atoms with E-state index in [1.807, 2.05) is 11.8 Å². The van der Waals surface area contributed by atoms with Crippen LogP contribution >= 0.6 is 0 Å². The summed E-state index contributed by atoms with van der Waals surface area (Å²) in [4.78, 5) is 14.6. The van der Waals surface area contributed by atoms with Crippen LogP contribution in [0.25, 0.3) is 0 Å². The summed E-state index contributed by atoms with van der Waals surface area (Å²) in [6, 6.07) is 6.33. The quantitative estimate of drug-likeness (QED) is 0.811. The van der Waals surface area contributed by atoms with Crippen LogP contribution in [0.2, 0.25) is 0 Å². The van der Waals surface area contributed by atoms with Gasteiger partial charge < -0.3 is 4.90 Å². The number of nitrogens with one attached hydrogen (secondary N) is 1. The highest BCUT2D eigenvalue weighted by Crippen LogP contribution is 2.19. The van der Waals surface area contributed by atoms with E-state index in [1.54, 1.807) is 12.1 Å². The van der Waals surface area contributed by atoms with Crippen molar-refractivity contribution in [3.8, 4) is 0 Å². The molecular weight excluding hydrogens is 312 g/mol. The first kappa shape index (κ1) is 17.9. The van der Waals surface area contributed by atoms with Crippen LogP contribution in [-0.4, -0.2) is 38.9 Å². The third-order valence-electron chi connectivity index (χ3n) is 4.16. The fourth-order valence-electron chi connectivity index (χ4n) is 2.82. The van der Waals surface area contributed by atoms with Crippen molar-refractivity contribution in [3.63, 3.8) is 0 Å². The van der Waals surface area contributed by atoms with Crippen molar-refractivity contribution in [2.24, 2.45) is 5.92 Å².